The van der Waals surface area contributed by atoms with Gasteiger partial charge in [0.05, 0.1) is 14.2 Å². The number of ether oxygens (including phenoxy) is 3. The third-order valence-corrected chi connectivity index (χ3v) is 6.21. The van der Waals surface area contributed by atoms with E-state index in [1.54, 1.807) is 19.1 Å². The first-order chi connectivity index (χ1) is 14.0. The SMILES string of the molecule is CCCc1cc(C(=O)OCC(=O)N2CCc3cc(OC)c(OC)cc3C2)sc1C. The summed E-state index contributed by atoms with van der Waals surface area (Å²) in [6, 6.07) is 5.75. The van der Waals surface area contributed by atoms with Crippen molar-refractivity contribution < 1.29 is 23.8 Å². The Kier molecular flexibility index (Phi) is 6.79. The first-order valence-electron chi connectivity index (χ1n) is 9.74. The summed E-state index contributed by atoms with van der Waals surface area (Å²) in [5.74, 6) is 0.704. The van der Waals surface area contributed by atoms with Crippen molar-refractivity contribution in [2.75, 3.05) is 27.4 Å². The van der Waals surface area contributed by atoms with Crippen LogP contribution in [0.2, 0.25) is 0 Å². The van der Waals surface area contributed by atoms with Gasteiger partial charge in [-0.3, -0.25) is 4.79 Å². The molecule has 0 fully saturated rings. The molecular weight excluding hydrogens is 390 g/mol. The number of esters is 1. The van der Waals surface area contributed by atoms with Crippen molar-refractivity contribution in [3.8, 4) is 11.5 Å². The molecule has 2 aromatic rings. The fourth-order valence-corrected chi connectivity index (χ4v) is 4.49. The molecule has 0 saturated carbocycles. The highest BCUT2D eigenvalue weighted by Crippen LogP contribution is 2.33. The Morgan fingerprint density at radius 2 is 1.79 bits per heavy atom. The molecule has 0 aliphatic carbocycles. The smallest absolute Gasteiger partial charge is 0.348 e. The number of thiophene rings is 1. The molecule has 0 bridgehead atoms. The maximum atomic E-state index is 12.6. The molecule has 1 aliphatic heterocycles. The van der Waals surface area contributed by atoms with Gasteiger partial charge in [-0.05, 0) is 54.7 Å². The van der Waals surface area contributed by atoms with Gasteiger partial charge in [-0.2, -0.15) is 0 Å². The molecule has 3 rings (SSSR count). The van der Waals surface area contributed by atoms with Gasteiger partial charge in [-0.25, -0.2) is 4.79 Å². The van der Waals surface area contributed by atoms with E-state index in [9.17, 15) is 9.59 Å². The summed E-state index contributed by atoms with van der Waals surface area (Å²) < 4.78 is 16.0. The third-order valence-electron chi connectivity index (χ3n) is 5.14. The summed E-state index contributed by atoms with van der Waals surface area (Å²) in [6.45, 7) is 4.91. The van der Waals surface area contributed by atoms with Gasteiger partial charge in [-0.1, -0.05) is 13.3 Å². The van der Waals surface area contributed by atoms with Gasteiger partial charge in [0.1, 0.15) is 4.88 Å². The molecule has 0 N–H and O–H groups in total. The molecule has 1 amide bonds. The zero-order valence-corrected chi connectivity index (χ0v) is 18.2. The number of methoxy groups -OCH3 is 2. The van der Waals surface area contributed by atoms with Crippen LogP contribution in [-0.2, 0) is 28.9 Å². The normalized spacial score (nSPS) is 13.0. The predicted octanol–water partition coefficient (Wildman–Crippen LogP) is 3.77. The van der Waals surface area contributed by atoms with Crippen LogP contribution in [-0.4, -0.2) is 44.1 Å². The van der Waals surface area contributed by atoms with Gasteiger partial charge in [-0.15, -0.1) is 11.3 Å². The second-order valence-electron chi connectivity index (χ2n) is 7.06. The number of carbonyl (C=O) groups is 2. The van der Waals surface area contributed by atoms with Crippen LogP contribution in [0.4, 0.5) is 0 Å². The summed E-state index contributed by atoms with van der Waals surface area (Å²) in [4.78, 5) is 28.3. The van der Waals surface area contributed by atoms with Crippen LogP contribution < -0.4 is 9.47 Å². The lowest BCUT2D eigenvalue weighted by Gasteiger charge is -2.29. The van der Waals surface area contributed by atoms with E-state index in [2.05, 4.69) is 6.92 Å². The topological polar surface area (TPSA) is 65.1 Å². The molecule has 0 atom stereocenters. The van der Waals surface area contributed by atoms with Crippen molar-refractivity contribution in [2.45, 2.75) is 39.7 Å². The molecule has 2 heterocycles. The van der Waals surface area contributed by atoms with Crippen molar-refractivity contribution in [1.82, 2.24) is 4.90 Å². The fourth-order valence-electron chi connectivity index (χ4n) is 3.52. The highest BCUT2D eigenvalue weighted by atomic mass is 32.1. The van der Waals surface area contributed by atoms with Crippen LogP contribution in [0, 0.1) is 6.92 Å². The Morgan fingerprint density at radius 1 is 1.10 bits per heavy atom. The Bertz CT molecular complexity index is 905. The standard InChI is InChI=1S/C22H27NO5S/c1-5-6-15-11-20(29-14(15)2)22(25)28-13-21(24)23-8-7-16-9-18(26-3)19(27-4)10-17(16)12-23/h9-11H,5-8,12-13H2,1-4H3. The fraction of sp³-hybridized carbons (Fsp3) is 0.455. The minimum atomic E-state index is -0.433. The minimum absolute atomic E-state index is 0.194. The molecule has 156 valence electrons. The second-order valence-corrected chi connectivity index (χ2v) is 8.32. The number of aryl methyl sites for hydroxylation is 2. The van der Waals surface area contributed by atoms with Crippen molar-refractivity contribution in [2.24, 2.45) is 0 Å². The largest absolute Gasteiger partial charge is 0.493 e. The maximum Gasteiger partial charge on any atom is 0.348 e. The first kappa shape index (κ1) is 21.2. The number of benzene rings is 1. The molecule has 7 heteroatoms. The summed E-state index contributed by atoms with van der Waals surface area (Å²) in [5, 5.41) is 0. The number of carbonyl (C=O) groups excluding carboxylic acids is 2. The number of hydrogen-bond acceptors (Lipinski definition) is 6. The maximum absolute atomic E-state index is 12.6. The van der Waals surface area contributed by atoms with E-state index in [1.165, 1.54) is 16.9 Å². The molecule has 1 aromatic carbocycles. The van der Waals surface area contributed by atoms with E-state index in [-0.39, 0.29) is 12.5 Å². The number of hydrogen-bond donors (Lipinski definition) is 0. The summed E-state index contributed by atoms with van der Waals surface area (Å²) in [5.41, 5.74) is 3.33. The van der Waals surface area contributed by atoms with E-state index in [0.717, 1.165) is 35.3 Å². The van der Waals surface area contributed by atoms with Gasteiger partial charge in [0.2, 0.25) is 0 Å². The predicted molar refractivity (Wildman–Crippen MR) is 112 cm³/mol. The quantitative estimate of drug-likeness (QED) is 0.642. The van der Waals surface area contributed by atoms with Crippen molar-refractivity contribution in [3.63, 3.8) is 0 Å². The third kappa shape index (κ3) is 4.72. The molecule has 0 saturated heterocycles. The van der Waals surface area contributed by atoms with Crippen molar-refractivity contribution in [1.29, 1.82) is 0 Å². The minimum Gasteiger partial charge on any atom is -0.493 e. The lowest BCUT2D eigenvalue weighted by Crippen LogP contribution is -2.38. The molecule has 29 heavy (non-hydrogen) atoms. The molecular formula is C22H27NO5S. The van der Waals surface area contributed by atoms with Gasteiger partial charge < -0.3 is 19.1 Å². The molecule has 6 nitrogen and oxygen atoms in total. The van der Waals surface area contributed by atoms with E-state index in [1.807, 2.05) is 25.1 Å². The van der Waals surface area contributed by atoms with E-state index >= 15 is 0 Å². The van der Waals surface area contributed by atoms with Crippen LogP contribution in [0.3, 0.4) is 0 Å². The van der Waals surface area contributed by atoms with Crippen molar-refractivity contribution in [3.05, 3.63) is 44.6 Å². The lowest BCUT2D eigenvalue weighted by molar-refractivity contribution is -0.135. The van der Waals surface area contributed by atoms with Gasteiger partial charge in [0.25, 0.3) is 5.91 Å². The van der Waals surface area contributed by atoms with Crippen LogP contribution in [0.5, 0.6) is 11.5 Å². The van der Waals surface area contributed by atoms with E-state index in [4.69, 9.17) is 14.2 Å². The van der Waals surface area contributed by atoms with Crippen LogP contribution >= 0.6 is 11.3 Å². The number of nitrogens with zero attached hydrogens (tertiary/aromatic N) is 1. The van der Waals surface area contributed by atoms with Gasteiger partial charge >= 0.3 is 5.97 Å². The molecule has 0 spiro atoms. The average Bonchev–Trinajstić information content (AvgIpc) is 3.10. The molecule has 1 aromatic heterocycles. The zero-order valence-electron chi connectivity index (χ0n) is 17.4. The zero-order chi connectivity index (χ0) is 21.0. The van der Waals surface area contributed by atoms with Crippen molar-refractivity contribution >= 4 is 23.2 Å². The lowest BCUT2D eigenvalue weighted by atomic mass is 9.99. The average molecular weight is 418 g/mol. The Balaban J connectivity index is 1.60. The van der Waals surface area contributed by atoms with Crippen LogP contribution in [0.1, 0.15) is 44.6 Å². The van der Waals surface area contributed by atoms with Gasteiger partial charge in [0.15, 0.2) is 18.1 Å². The summed E-state index contributed by atoms with van der Waals surface area (Å²) in [7, 11) is 3.20. The van der Waals surface area contributed by atoms with Crippen LogP contribution in [0.25, 0.3) is 0 Å². The van der Waals surface area contributed by atoms with E-state index < -0.39 is 5.97 Å². The molecule has 0 unspecified atom stereocenters. The second kappa shape index (κ2) is 9.31. The highest BCUT2D eigenvalue weighted by molar-refractivity contribution is 7.14. The Labute approximate surface area is 175 Å². The van der Waals surface area contributed by atoms with Crippen LogP contribution in [0.15, 0.2) is 18.2 Å². The van der Waals surface area contributed by atoms with Gasteiger partial charge in [0, 0.05) is 18.0 Å². The molecule has 1 aliphatic rings. The number of rotatable bonds is 7. The monoisotopic (exact) mass is 417 g/mol. The number of fused-ring (bicyclic) bond motifs is 1. The van der Waals surface area contributed by atoms with E-state index in [0.29, 0.717) is 29.5 Å². The summed E-state index contributed by atoms with van der Waals surface area (Å²) in [6.07, 6.45) is 2.69. The Morgan fingerprint density at radius 3 is 2.45 bits per heavy atom. The first-order valence-corrected chi connectivity index (χ1v) is 10.6. The number of amides is 1. The highest BCUT2D eigenvalue weighted by Gasteiger charge is 2.24. The summed E-state index contributed by atoms with van der Waals surface area (Å²) >= 11 is 1.42. The molecule has 0 radical (unpaired) electrons. The Hall–Kier alpha value is -2.54.